The topological polar surface area (TPSA) is 257 Å². The maximum absolute atomic E-state index is 12.9. The van der Waals surface area contributed by atoms with E-state index < -0.39 is 78.1 Å². The summed E-state index contributed by atoms with van der Waals surface area (Å²) in [6.45, 7) is 4.62. The molecule has 0 aliphatic heterocycles. The zero-order chi connectivity index (χ0) is 25.9. The fourth-order valence-corrected chi connectivity index (χ4v) is 2.66. The highest BCUT2D eigenvalue weighted by Gasteiger charge is 2.33. The van der Waals surface area contributed by atoms with E-state index in [4.69, 9.17) is 17.2 Å². The van der Waals surface area contributed by atoms with E-state index in [2.05, 4.69) is 16.0 Å². The van der Waals surface area contributed by atoms with Gasteiger partial charge in [-0.1, -0.05) is 20.3 Å². The molecule has 188 valence electrons. The van der Waals surface area contributed by atoms with Crippen LogP contribution in [0, 0.1) is 5.92 Å². The number of carbonyl (C=O) groups is 6. The van der Waals surface area contributed by atoms with Crippen LogP contribution in [0.5, 0.6) is 0 Å². The highest BCUT2D eigenvalue weighted by molar-refractivity contribution is 5.95. The zero-order valence-corrected chi connectivity index (χ0v) is 18.9. The maximum Gasteiger partial charge on any atom is 0.326 e. The average Bonchev–Trinajstić information content (AvgIpc) is 2.71. The quantitative estimate of drug-likeness (QED) is 0.116. The van der Waals surface area contributed by atoms with E-state index in [1.807, 2.05) is 0 Å². The van der Waals surface area contributed by atoms with Gasteiger partial charge in [-0.05, 0) is 19.3 Å². The first-order valence-electron chi connectivity index (χ1n) is 10.3. The molecule has 14 heteroatoms. The van der Waals surface area contributed by atoms with E-state index in [1.165, 1.54) is 6.92 Å². The lowest BCUT2D eigenvalue weighted by Crippen LogP contribution is -2.59. The molecule has 0 radical (unpaired) electrons. The molecule has 0 aromatic rings. The highest BCUT2D eigenvalue weighted by atomic mass is 16.4. The Labute approximate surface area is 191 Å². The Hall–Kier alpha value is -3.26. The van der Waals surface area contributed by atoms with Gasteiger partial charge in [-0.25, -0.2) is 4.79 Å². The average molecular weight is 475 g/mol. The van der Waals surface area contributed by atoms with Crippen molar-refractivity contribution in [1.29, 1.82) is 0 Å². The van der Waals surface area contributed by atoms with Crippen molar-refractivity contribution >= 4 is 35.5 Å². The molecule has 11 N–H and O–H groups in total. The van der Waals surface area contributed by atoms with E-state index in [-0.39, 0.29) is 12.8 Å². The lowest BCUT2D eigenvalue weighted by Gasteiger charge is -2.28. The molecule has 0 bridgehead atoms. The summed E-state index contributed by atoms with van der Waals surface area (Å²) < 4.78 is 0. The van der Waals surface area contributed by atoms with E-state index in [0.29, 0.717) is 6.42 Å². The predicted octanol–water partition coefficient (Wildman–Crippen LogP) is -3.58. The first kappa shape index (κ1) is 29.7. The summed E-state index contributed by atoms with van der Waals surface area (Å²) in [4.78, 5) is 71.4. The summed E-state index contributed by atoms with van der Waals surface area (Å²) in [5.41, 5.74) is 15.7. The minimum atomic E-state index is -1.60. The van der Waals surface area contributed by atoms with Crippen molar-refractivity contribution < 1.29 is 39.0 Å². The molecule has 0 fully saturated rings. The standard InChI is InChI=1S/C19H34N6O8/c1-4-8(2)15(18(31)24-11(19(32)33)7-13(21)28)25-16(29)10(5-6-12(20)27)23-17(30)14(22)9(3)26/h8-11,14-15,26H,4-7,22H2,1-3H3,(H2,20,27)(H2,21,28)(H,23,30)(H,24,31)(H,25,29)(H,32,33). The Balaban J connectivity index is 5.65. The van der Waals surface area contributed by atoms with Crippen LogP contribution in [-0.4, -0.2) is 76.0 Å². The molecule has 0 spiro atoms. The number of aliphatic hydroxyl groups excluding tert-OH is 1. The Bertz CT molecular complexity index is 744. The Kier molecular flexibility index (Phi) is 12.6. The van der Waals surface area contributed by atoms with Gasteiger partial charge in [0.1, 0.15) is 24.2 Å². The molecule has 0 aliphatic rings. The summed E-state index contributed by atoms with van der Waals surface area (Å²) in [6.07, 6.45) is -1.97. The third kappa shape index (κ3) is 10.7. The molecule has 0 saturated heterocycles. The Morgan fingerprint density at radius 1 is 0.848 bits per heavy atom. The fourth-order valence-electron chi connectivity index (χ4n) is 2.66. The minimum absolute atomic E-state index is 0.215. The van der Waals surface area contributed by atoms with Crippen LogP contribution in [0.15, 0.2) is 0 Å². The van der Waals surface area contributed by atoms with Gasteiger partial charge < -0.3 is 43.4 Å². The summed E-state index contributed by atoms with van der Waals surface area (Å²) in [7, 11) is 0. The number of primary amides is 2. The number of rotatable bonds is 15. The van der Waals surface area contributed by atoms with Gasteiger partial charge in [0.15, 0.2) is 0 Å². The van der Waals surface area contributed by atoms with E-state index in [1.54, 1.807) is 13.8 Å². The Morgan fingerprint density at radius 3 is 1.82 bits per heavy atom. The zero-order valence-electron chi connectivity index (χ0n) is 18.9. The third-order valence-corrected chi connectivity index (χ3v) is 4.95. The number of hydrogen-bond acceptors (Lipinski definition) is 8. The monoisotopic (exact) mass is 474 g/mol. The number of amides is 5. The van der Waals surface area contributed by atoms with Crippen molar-refractivity contribution in [3.63, 3.8) is 0 Å². The van der Waals surface area contributed by atoms with Crippen LogP contribution in [0.4, 0.5) is 0 Å². The van der Waals surface area contributed by atoms with Crippen molar-refractivity contribution in [2.45, 2.75) is 76.7 Å². The van der Waals surface area contributed by atoms with Crippen LogP contribution in [0.3, 0.4) is 0 Å². The van der Waals surface area contributed by atoms with Crippen LogP contribution < -0.4 is 33.2 Å². The van der Waals surface area contributed by atoms with Crippen molar-refractivity contribution in [3.05, 3.63) is 0 Å². The molecule has 0 aliphatic carbocycles. The molecular weight excluding hydrogens is 440 g/mol. The van der Waals surface area contributed by atoms with Crippen molar-refractivity contribution in [3.8, 4) is 0 Å². The van der Waals surface area contributed by atoms with E-state index >= 15 is 0 Å². The van der Waals surface area contributed by atoms with Gasteiger partial charge in [-0.15, -0.1) is 0 Å². The lowest BCUT2D eigenvalue weighted by molar-refractivity contribution is -0.144. The predicted molar refractivity (Wildman–Crippen MR) is 115 cm³/mol. The highest BCUT2D eigenvalue weighted by Crippen LogP contribution is 2.10. The van der Waals surface area contributed by atoms with E-state index in [0.717, 1.165) is 0 Å². The molecule has 0 heterocycles. The summed E-state index contributed by atoms with van der Waals surface area (Å²) in [5.74, 6) is -6.27. The van der Waals surface area contributed by atoms with Gasteiger partial charge in [-0.3, -0.25) is 24.0 Å². The van der Waals surface area contributed by atoms with Crippen LogP contribution in [0.2, 0.25) is 0 Å². The molecule has 14 nitrogen and oxygen atoms in total. The van der Waals surface area contributed by atoms with Gasteiger partial charge in [0.25, 0.3) is 0 Å². The van der Waals surface area contributed by atoms with Crippen molar-refractivity contribution in [2.24, 2.45) is 23.1 Å². The number of hydrogen-bond donors (Lipinski definition) is 8. The second-order valence-electron chi connectivity index (χ2n) is 7.77. The van der Waals surface area contributed by atoms with Gasteiger partial charge in [0, 0.05) is 6.42 Å². The number of carboxylic acids is 1. The number of nitrogens with two attached hydrogens (primary N) is 3. The second kappa shape index (κ2) is 14.0. The van der Waals surface area contributed by atoms with E-state index in [9.17, 15) is 39.0 Å². The summed E-state index contributed by atoms with van der Waals surface area (Å²) in [5, 5.41) is 25.6. The van der Waals surface area contributed by atoms with Gasteiger partial charge in [0.2, 0.25) is 29.5 Å². The van der Waals surface area contributed by atoms with Crippen LogP contribution in [0.1, 0.15) is 46.5 Å². The minimum Gasteiger partial charge on any atom is -0.480 e. The van der Waals surface area contributed by atoms with Crippen molar-refractivity contribution in [2.75, 3.05) is 0 Å². The maximum atomic E-state index is 12.9. The molecule has 0 saturated carbocycles. The van der Waals surface area contributed by atoms with Gasteiger partial charge in [-0.2, -0.15) is 0 Å². The summed E-state index contributed by atoms with van der Waals surface area (Å²) >= 11 is 0. The number of aliphatic hydroxyl groups is 1. The lowest BCUT2D eigenvalue weighted by atomic mass is 9.97. The van der Waals surface area contributed by atoms with Gasteiger partial charge >= 0.3 is 5.97 Å². The molecular formula is C19H34N6O8. The molecule has 33 heavy (non-hydrogen) atoms. The smallest absolute Gasteiger partial charge is 0.326 e. The molecule has 6 atom stereocenters. The molecule has 0 aromatic carbocycles. The first-order valence-corrected chi connectivity index (χ1v) is 10.3. The van der Waals surface area contributed by atoms with Crippen molar-refractivity contribution in [1.82, 2.24) is 16.0 Å². The second-order valence-corrected chi connectivity index (χ2v) is 7.77. The molecule has 0 rings (SSSR count). The number of carbonyl (C=O) groups excluding carboxylic acids is 5. The molecule has 6 unspecified atom stereocenters. The largest absolute Gasteiger partial charge is 0.480 e. The number of carboxylic acid groups (broad SMARTS) is 1. The van der Waals surface area contributed by atoms with Crippen LogP contribution in [0.25, 0.3) is 0 Å². The molecule has 0 aromatic heterocycles. The Morgan fingerprint density at radius 2 is 1.39 bits per heavy atom. The number of nitrogens with one attached hydrogen (secondary N) is 3. The van der Waals surface area contributed by atoms with Crippen LogP contribution in [-0.2, 0) is 28.8 Å². The van der Waals surface area contributed by atoms with Crippen LogP contribution >= 0.6 is 0 Å². The third-order valence-electron chi connectivity index (χ3n) is 4.95. The SMILES string of the molecule is CCC(C)C(NC(=O)C(CCC(N)=O)NC(=O)C(N)C(C)O)C(=O)NC(CC(N)=O)C(=O)O. The molecule has 5 amide bonds. The fraction of sp³-hybridized carbons (Fsp3) is 0.684. The first-order chi connectivity index (χ1) is 15.2. The summed E-state index contributed by atoms with van der Waals surface area (Å²) in [6, 6.07) is -5.52. The normalized spacial score (nSPS) is 16.3. The van der Waals surface area contributed by atoms with Gasteiger partial charge in [0.05, 0.1) is 12.5 Å². The number of aliphatic carboxylic acids is 1.